The topological polar surface area (TPSA) is 125 Å². The van der Waals surface area contributed by atoms with Gasteiger partial charge in [-0.25, -0.2) is 9.59 Å². The van der Waals surface area contributed by atoms with Crippen LogP contribution in [0.1, 0.15) is 55.2 Å². The highest BCUT2D eigenvalue weighted by Crippen LogP contribution is 2.23. The molecule has 1 fully saturated rings. The number of para-hydroxylation sites is 2. The van der Waals surface area contributed by atoms with Gasteiger partial charge in [0.05, 0.1) is 24.6 Å². The summed E-state index contributed by atoms with van der Waals surface area (Å²) in [5.41, 5.74) is 2.36. The summed E-state index contributed by atoms with van der Waals surface area (Å²) in [7, 11) is 0. The van der Waals surface area contributed by atoms with Crippen LogP contribution in [0.25, 0.3) is 0 Å². The third kappa shape index (κ3) is 11.8. The average molecular weight is 631 g/mol. The van der Waals surface area contributed by atoms with Crippen molar-refractivity contribution >= 4 is 29.4 Å². The molecule has 2 aromatic carbocycles. The molecule has 11 nitrogen and oxygen atoms in total. The van der Waals surface area contributed by atoms with Crippen LogP contribution in [-0.2, 0) is 22.4 Å². The van der Waals surface area contributed by atoms with Crippen LogP contribution in [0.15, 0.2) is 72.9 Å². The molecule has 0 aliphatic carbocycles. The highest BCUT2D eigenvalue weighted by Gasteiger charge is 2.19. The van der Waals surface area contributed by atoms with Crippen LogP contribution in [0.2, 0.25) is 0 Å². The molecule has 0 saturated carbocycles. The van der Waals surface area contributed by atoms with Gasteiger partial charge in [-0.3, -0.25) is 20.0 Å². The number of hydrogen-bond acceptors (Lipinski definition) is 7. The van der Waals surface area contributed by atoms with Gasteiger partial charge in [-0.15, -0.1) is 0 Å². The van der Waals surface area contributed by atoms with E-state index >= 15 is 0 Å². The Morgan fingerprint density at radius 3 is 2.26 bits per heavy atom. The Bertz CT molecular complexity index is 1400. The summed E-state index contributed by atoms with van der Waals surface area (Å²) in [5.74, 6) is -0.427. The Balaban J connectivity index is 1.34. The van der Waals surface area contributed by atoms with Crippen LogP contribution in [0, 0.1) is 0 Å². The maximum absolute atomic E-state index is 13.3. The van der Waals surface area contributed by atoms with Gasteiger partial charge in [-0.05, 0) is 75.9 Å². The van der Waals surface area contributed by atoms with Crippen molar-refractivity contribution < 1.29 is 23.9 Å². The number of anilines is 2. The Hall–Kier alpha value is -4.48. The molecular formula is C35H46N6O5. The molecule has 0 atom stereocenters. The second-order valence-electron chi connectivity index (χ2n) is 12.2. The van der Waals surface area contributed by atoms with Gasteiger partial charge in [0.15, 0.2) is 0 Å². The van der Waals surface area contributed by atoms with E-state index in [-0.39, 0.29) is 11.7 Å². The number of urea groups is 1. The normalized spacial score (nSPS) is 13.5. The molecule has 0 radical (unpaired) electrons. The molecular weight excluding hydrogens is 584 g/mol. The SMILES string of the molecule is CC(C)(C)OC(=O)Nc1ccccc1NC(=O)c1ccc(CN(CCCCN2CCOCC2)C(=O)NCCc2ccccc2)cn1. The van der Waals surface area contributed by atoms with E-state index in [1.54, 1.807) is 62.2 Å². The first kappa shape index (κ1) is 34.4. The molecule has 46 heavy (non-hydrogen) atoms. The van der Waals surface area contributed by atoms with Crippen LogP contribution < -0.4 is 16.0 Å². The zero-order valence-electron chi connectivity index (χ0n) is 27.1. The Kier molecular flexibility index (Phi) is 12.9. The largest absolute Gasteiger partial charge is 0.444 e. The maximum atomic E-state index is 13.3. The summed E-state index contributed by atoms with van der Waals surface area (Å²) in [6.07, 6.45) is 3.60. The molecule has 1 saturated heterocycles. The molecule has 4 amide bonds. The average Bonchev–Trinajstić information content (AvgIpc) is 3.04. The molecule has 0 bridgehead atoms. The van der Waals surface area contributed by atoms with Crippen molar-refractivity contribution in [3.05, 3.63) is 89.7 Å². The van der Waals surface area contributed by atoms with Gasteiger partial charge < -0.3 is 25.0 Å². The molecule has 2 heterocycles. The number of morpholine rings is 1. The number of pyridine rings is 1. The Morgan fingerprint density at radius 2 is 1.59 bits per heavy atom. The van der Waals surface area contributed by atoms with Gasteiger partial charge in [0.1, 0.15) is 11.3 Å². The summed E-state index contributed by atoms with van der Waals surface area (Å²) in [4.78, 5) is 47.2. The number of nitrogens with zero attached hydrogens (tertiary/aromatic N) is 3. The molecule has 246 valence electrons. The minimum absolute atomic E-state index is 0.127. The van der Waals surface area contributed by atoms with Crippen molar-refractivity contribution in [1.82, 2.24) is 20.1 Å². The fourth-order valence-corrected chi connectivity index (χ4v) is 4.96. The number of unbranched alkanes of at least 4 members (excludes halogenated alkanes) is 1. The lowest BCUT2D eigenvalue weighted by molar-refractivity contribution is 0.0369. The lowest BCUT2D eigenvalue weighted by Gasteiger charge is -2.27. The minimum Gasteiger partial charge on any atom is -0.444 e. The van der Waals surface area contributed by atoms with Crippen LogP contribution in [-0.4, -0.2) is 84.4 Å². The van der Waals surface area contributed by atoms with Crippen molar-refractivity contribution in [3.63, 3.8) is 0 Å². The van der Waals surface area contributed by atoms with Crippen molar-refractivity contribution in [2.75, 3.05) is 56.6 Å². The monoisotopic (exact) mass is 630 g/mol. The summed E-state index contributed by atoms with van der Waals surface area (Å²) < 4.78 is 10.8. The Morgan fingerprint density at radius 1 is 0.891 bits per heavy atom. The quantitative estimate of drug-likeness (QED) is 0.212. The van der Waals surface area contributed by atoms with E-state index in [1.165, 1.54) is 5.56 Å². The van der Waals surface area contributed by atoms with Gasteiger partial charge in [0.2, 0.25) is 0 Å². The van der Waals surface area contributed by atoms with Gasteiger partial charge in [0, 0.05) is 38.9 Å². The van der Waals surface area contributed by atoms with Crippen molar-refractivity contribution in [1.29, 1.82) is 0 Å². The fourth-order valence-electron chi connectivity index (χ4n) is 4.96. The minimum atomic E-state index is -0.657. The maximum Gasteiger partial charge on any atom is 0.412 e. The van der Waals surface area contributed by atoms with E-state index < -0.39 is 17.6 Å². The van der Waals surface area contributed by atoms with E-state index in [2.05, 4.69) is 38.0 Å². The Labute approximate surface area is 271 Å². The molecule has 11 heteroatoms. The van der Waals surface area contributed by atoms with Crippen molar-refractivity contribution in [3.8, 4) is 0 Å². The second-order valence-corrected chi connectivity index (χ2v) is 12.2. The first-order valence-electron chi connectivity index (χ1n) is 15.9. The van der Waals surface area contributed by atoms with Gasteiger partial charge >= 0.3 is 12.1 Å². The third-order valence-corrected chi connectivity index (χ3v) is 7.32. The van der Waals surface area contributed by atoms with Crippen LogP contribution in [0.3, 0.4) is 0 Å². The second kappa shape index (κ2) is 17.3. The molecule has 4 rings (SSSR count). The van der Waals surface area contributed by atoms with E-state index in [1.807, 2.05) is 24.3 Å². The van der Waals surface area contributed by atoms with E-state index in [0.29, 0.717) is 31.0 Å². The number of carbonyl (C=O) groups is 3. The number of aromatic nitrogens is 1. The molecule has 1 aliphatic rings. The number of carbonyl (C=O) groups excluding carboxylic acids is 3. The molecule has 3 N–H and O–H groups in total. The van der Waals surface area contributed by atoms with Gasteiger partial charge in [0.25, 0.3) is 5.91 Å². The van der Waals surface area contributed by atoms with E-state index in [0.717, 1.165) is 57.7 Å². The predicted molar refractivity (Wildman–Crippen MR) is 179 cm³/mol. The summed E-state index contributed by atoms with van der Waals surface area (Å²) in [5, 5.41) is 8.56. The van der Waals surface area contributed by atoms with Gasteiger partial charge in [-0.2, -0.15) is 0 Å². The number of nitrogens with one attached hydrogen (secondary N) is 3. The smallest absolute Gasteiger partial charge is 0.412 e. The van der Waals surface area contributed by atoms with Crippen LogP contribution >= 0.6 is 0 Å². The van der Waals surface area contributed by atoms with Crippen LogP contribution in [0.5, 0.6) is 0 Å². The molecule has 0 spiro atoms. The zero-order valence-corrected chi connectivity index (χ0v) is 27.1. The highest BCUT2D eigenvalue weighted by atomic mass is 16.6. The van der Waals surface area contributed by atoms with Crippen LogP contribution in [0.4, 0.5) is 21.0 Å². The van der Waals surface area contributed by atoms with Crippen molar-refractivity contribution in [2.24, 2.45) is 0 Å². The lowest BCUT2D eigenvalue weighted by atomic mass is 10.1. The highest BCUT2D eigenvalue weighted by molar-refractivity contribution is 6.05. The third-order valence-electron chi connectivity index (χ3n) is 7.32. The number of rotatable bonds is 13. The zero-order chi connectivity index (χ0) is 32.8. The lowest BCUT2D eigenvalue weighted by Crippen LogP contribution is -2.41. The number of ether oxygens (including phenoxy) is 2. The first-order chi connectivity index (χ1) is 22.2. The van der Waals surface area contributed by atoms with Crippen molar-refractivity contribution in [2.45, 2.75) is 52.2 Å². The van der Waals surface area contributed by atoms with Gasteiger partial charge in [-0.1, -0.05) is 48.5 Å². The molecule has 3 aromatic rings. The first-order valence-corrected chi connectivity index (χ1v) is 15.9. The molecule has 0 unspecified atom stereocenters. The summed E-state index contributed by atoms with van der Waals surface area (Å²) >= 11 is 0. The standard InChI is InChI=1S/C35H46N6O5/c1-35(2,3)46-34(44)39-30-14-8-7-13-29(30)38-32(42)31-16-15-28(25-37-31)26-41(20-10-9-19-40-21-23-45-24-22-40)33(43)36-18-17-27-11-5-4-6-12-27/h4-8,11-16,25H,9-10,17-24,26H2,1-3H3,(H,36,43)(H,38,42)(H,39,44). The fraction of sp³-hybridized carbons (Fsp3) is 0.429. The molecule has 1 aromatic heterocycles. The summed E-state index contributed by atoms with van der Waals surface area (Å²) in [6, 6.07) is 20.3. The summed E-state index contributed by atoms with van der Waals surface area (Å²) in [6.45, 7) is 11.3. The number of benzene rings is 2. The van der Waals surface area contributed by atoms with E-state index in [4.69, 9.17) is 9.47 Å². The predicted octanol–water partition coefficient (Wildman–Crippen LogP) is 5.55. The molecule has 1 aliphatic heterocycles. The number of hydrogen-bond donors (Lipinski definition) is 3. The number of amides is 4. The van der Waals surface area contributed by atoms with E-state index in [9.17, 15) is 14.4 Å².